The van der Waals surface area contributed by atoms with Crippen molar-refractivity contribution in [3.8, 4) is 0 Å². The molecule has 0 amide bonds. The van der Waals surface area contributed by atoms with Crippen LogP contribution in [0.3, 0.4) is 0 Å². The molecule has 0 saturated carbocycles. The third-order valence-corrected chi connectivity index (χ3v) is 3.60. The van der Waals surface area contributed by atoms with Crippen molar-refractivity contribution in [1.82, 2.24) is 15.2 Å². The molecule has 0 aromatic carbocycles. The number of hydrogen-bond acceptors (Lipinski definition) is 3. The minimum atomic E-state index is 0.632. The molecule has 2 atom stereocenters. The molecule has 1 saturated heterocycles. The van der Waals surface area contributed by atoms with Gasteiger partial charge in [-0.1, -0.05) is 0 Å². The van der Waals surface area contributed by atoms with Crippen LogP contribution < -0.4 is 5.32 Å². The smallest absolute Gasteiger partial charge is 0.0300 e. The first-order valence-corrected chi connectivity index (χ1v) is 6.00. The van der Waals surface area contributed by atoms with Crippen molar-refractivity contribution in [3.63, 3.8) is 0 Å². The molecule has 1 aromatic rings. The molecule has 1 N–H and O–H groups in total. The molecule has 16 heavy (non-hydrogen) atoms. The largest absolute Gasteiger partial charge is 0.309 e. The van der Waals surface area contributed by atoms with Gasteiger partial charge in [0.25, 0.3) is 0 Å². The van der Waals surface area contributed by atoms with Crippen LogP contribution in [0.5, 0.6) is 0 Å². The maximum atomic E-state index is 4.11. The number of aryl methyl sites for hydroxylation is 1. The van der Waals surface area contributed by atoms with Crippen LogP contribution in [-0.4, -0.2) is 35.6 Å². The van der Waals surface area contributed by atoms with Gasteiger partial charge in [-0.05, 0) is 44.5 Å². The van der Waals surface area contributed by atoms with Gasteiger partial charge < -0.3 is 10.2 Å². The highest BCUT2D eigenvalue weighted by molar-refractivity contribution is 5.21. The molecule has 0 aliphatic carbocycles. The van der Waals surface area contributed by atoms with Crippen LogP contribution >= 0.6 is 0 Å². The molecule has 0 radical (unpaired) electrons. The lowest BCUT2D eigenvalue weighted by Gasteiger charge is -2.14. The van der Waals surface area contributed by atoms with Crippen LogP contribution in [0.1, 0.15) is 24.5 Å². The quantitative estimate of drug-likeness (QED) is 0.836. The van der Waals surface area contributed by atoms with Crippen LogP contribution in [-0.2, 0) is 6.54 Å². The van der Waals surface area contributed by atoms with Crippen LogP contribution in [0, 0.1) is 6.92 Å². The maximum Gasteiger partial charge on any atom is 0.0300 e. The lowest BCUT2D eigenvalue weighted by Crippen LogP contribution is -2.31. The Morgan fingerprint density at radius 1 is 1.56 bits per heavy atom. The molecule has 2 rings (SSSR count). The molecule has 1 aliphatic heterocycles. The van der Waals surface area contributed by atoms with Crippen LogP contribution in [0.2, 0.25) is 0 Å². The van der Waals surface area contributed by atoms with E-state index in [0.29, 0.717) is 12.1 Å². The van der Waals surface area contributed by atoms with Gasteiger partial charge in [-0.2, -0.15) is 0 Å². The van der Waals surface area contributed by atoms with Gasteiger partial charge >= 0.3 is 0 Å². The summed E-state index contributed by atoms with van der Waals surface area (Å²) in [7, 11) is 2.20. The zero-order chi connectivity index (χ0) is 11.5. The highest BCUT2D eigenvalue weighted by atomic mass is 15.2. The zero-order valence-electron chi connectivity index (χ0n) is 10.4. The summed E-state index contributed by atoms with van der Waals surface area (Å²) in [6.07, 6.45) is 5.05. The molecule has 3 heteroatoms. The fourth-order valence-electron chi connectivity index (χ4n) is 2.30. The van der Waals surface area contributed by atoms with Crippen molar-refractivity contribution in [1.29, 1.82) is 0 Å². The summed E-state index contributed by atoms with van der Waals surface area (Å²) in [6, 6.07) is 3.44. The molecule has 1 aromatic heterocycles. The van der Waals surface area contributed by atoms with Gasteiger partial charge in [-0.25, -0.2) is 0 Å². The second-order valence-corrected chi connectivity index (χ2v) is 4.90. The van der Waals surface area contributed by atoms with Gasteiger partial charge in [-0.3, -0.25) is 4.98 Å². The molecule has 1 fully saturated rings. The van der Waals surface area contributed by atoms with E-state index in [1.165, 1.54) is 17.5 Å². The minimum Gasteiger partial charge on any atom is -0.309 e. The number of aromatic nitrogens is 1. The first-order chi connectivity index (χ1) is 7.66. The van der Waals surface area contributed by atoms with Crippen LogP contribution in [0.4, 0.5) is 0 Å². The molecule has 2 unspecified atom stereocenters. The Morgan fingerprint density at radius 3 is 3.00 bits per heavy atom. The zero-order valence-corrected chi connectivity index (χ0v) is 10.4. The van der Waals surface area contributed by atoms with Gasteiger partial charge in [0.1, 0.15) is 0 Å². The third-order valence-electron chi connectivity index (χ3n) is 3.60. The third kappa shape index (κ3) is 2.60. The summed E-state index contributed by atoms with van der Waals surface area (Å²) in [6.45, 7) is 6.53. The normalized spacial score (nSPS) is 26.2. The van der Waals surface area contributed by atoms with Crippen molar-refractivity contribution in [2.45, 2.75) is 38.9 Å². The van der Waals surface area contributed by atoms with E-state index in [0.717, 1.165) is 13.1 Å². The Labute approximate surface area is 97.9 Å². The van der Waals surface area contributed by atoms with Gasteiger partial charge in [0.15, 0.2) is 0 Å². The Hall–Kier alpha value is -0.930. The van der Waals surface area contributed by atoms with Crippen molar-refractivity contribution in [3.05, 3.63) is 29.6 Å². The van der Waals surface area contributed by atoms with Crippen LogP contribution in [0.25, 0.3) is 0 Å². The first kappa shape index (κ1) is 11.6. The van der Waals surface area contributed by atoms with Crippen molar-refractivity contribution < 1.29 is 0 Å². The van der Waals surface area contributed by atoms with Gasteiger partial charge in [0.2, 0.25) is 0 Å². The minimum absolute atomic E-state index is 0.632. The van der Waals surface area contributed by atoms with E-state index in [2.05, 4.69) is 42.2 Å². The van der Waals surface area contributed by atoms with E-state index in [1.54, 1.807) is 0 Å². The summed E-state index contributed by atoms with van der Waals surface area (Å²) in [5.74, 6) is 0. The summed E-state index contributed by atoms with van der Waals surface area (Å²) in [5.41, 5.74) is 2.63. The highest BCUT2D eigenvalue weighted by Gasteiger charge is 2.25. The Kier molecular flexibility index (Phi) is 3.56. The molecule has 3 nitrogen and oxygen atoms in total. The summed E-state index contributed by atoms with van der Waals surface area (Å²) in [5, 5.41) is 3.63. The topological polar surface area (TPSA) is 28.2 Å². The Morgan fingerprint density at radius 2 is 2.38 bits per heavy atom. The van der Waals surface area contributed by atoms with E-state index < -0.39 is 0 Å². The molecule has 2 heterocycles. The van der Waals surface area contributed by atoms with E-state index in [-0.39, 0.29) is 0 Å². The van der Waals surface area contributed by atoms with Gasteiger partial charge in [-0.15, -0.1) is 0 Å². The van der Waals surface area contributed by atoms with Crippen molar-refractivity contribution in [2.75, 3.05) is 13.6 Å². The Bertz CT molecular complexity index is 341. The average Bonchev–Trinajstić information content (AvgIpc) is 2.57. The number of hydrogen-bond donors (Lipinski definition) is 1. The Balaban J connectivity index is 1.87. The standard InChI is InChI=1S/C13H21N3/c1-10-7-14-5-4-12(10)8-15-13-6-11(2)16(3)9-13/h4-5,7,11,13,15H,6,8-9H2,1-3H3. The lowest BCUT2D eigenvalue weighted by molar-refractivity contribution is 0.326. The molecule has 0 spiro atoms. The van der Waals surface area contributed by atoms with Crippen LogP contribution in [0.15, 0.2) is 18.5 Å². The van der Waals surface area contributed by atoms with E-state index >= 15 is 0 Å². The number of likely N-dealkylation sites (N-methyl/N-ethyl adjacent to an activating group) is 1. The summed E-state index contributed by atoms with van der Waals surface area (Å²) >= 11 is 0. The molecule has 88 valence electrons. The molecule has 1 aliphatic rings. The lowest BCUT2D eigenvalue weighted by atomic mass is 10.1. The number of rotatable bonds is 3. The fourth-order valence-corrected chi connectivity index (χ4v) is 2.30. The van der Waals surface area contributed by atoms with E-state index in [1.807, 2.05) is 12.4 Å². The van der Waals surface area contributed by atoms with Crippen molar-refractivity contribution in [2.24, 2.45) is 0 Å². The predicted molar refractivity (Wildman–Crippen MR) is 66.3 cm³/mol. The number of pyridine rings is 1. The van der Waals surface area contributed by atoms with Gasteiger partial charge in [0, 0.05) is 37.6 Å². The average molecular weight is 219 g/mol. The number of nitrogens with zero attached hydrogens (tertiary/aromatic N) is 2. The van der Waals surface area contributed by atoms with E-state index in [4.69, 9.17) is 0 Å². The molecular formula is C13H21N3. The second kappa shape index (κ2) is 4.93. The highest BCUT2D eigenvalue weighted by Crippen LogP contribution is 2.15. The fraction of sp³-hybridized carbons (Fsp3) is 0.615. The predicted octanol–water partition coefficient (Wildman–Crippen LogP) is 1.57. The monoisotopic (exact) mass is 219 g/mol. The summed E-state index contributed by atoms with van der Waals surface area (Å²) < 4.78 is 0. The van der Waals surface area contributed by atoms with Gasteiger partial charge in [0.05, 0.1) is 0 Å². The molecule has 0 bridgehead atoms. The number of likely N-dealkylation sites (tertiary alicyclic amines) is 1. The first-order valence-electron chi connectivity index (χ1n) is 6.00. The SMILES string of the molecule is Cc1cnccc1CNC1CC(C)N(C)C1. The number of nitrogens with one attached hydrogen (secondary N) is 1. The maximum absolute atomic E-state index is 4.11. The second-order valence-electron chi connectivity index (χ2n) is 4.90. The summed E-state index contributed by atoms with van der Waals surface area (Å²) in [4.78, 5) is 6.53. The molecular weight excluding hydrogens is 198 g/mol. The van der Waals surface area contributed by atoms with Crippen molar-refractivity contribution >= 4 is 0 Å². The van der Waals surface area contributed by atoms with E-state index in [9.17, 15) is 0 Å².